The van der Waals surface area contributed by atoms with E-state index in [1.807, 2.05) is 6.92 Å². The Balaban J connectivity index is 2.07. The average Bonchev–Trinajstić information content (AvgIpc) is 2.47. The number of carbonyl (C=O) groups excluding carboxylic acids is 1. The number of hydrogen-bond acceptors (Lipinski definition) is 3. The van der Waals surface area contributed by atoms with Gasteiger partial charge in [-0.3, -0.25) is 4.79 Å². The van der Waals surface area contributed by atoms with Gasteiger partial charge >= 0.3 is 5.97 Å². The quantitative estimate of drug-likeness (QED) is 0.483. The van der Waals surface area contributed by atoms with Crippen LogP contribution in [-0.2, 0) is 9.53 Å². The minimum atomic E-state index is -0.365. The second kappa shape index (κ2) is 2.85. The molecule has 0 bridgehead atoms. The third-order valence-corrected chi connectivity index (χ3v) is 4.30. The summed E-state index contributed by atoms with van der Waals surface area (Å²) < 4.78 is 5.44. The molecule has 3 aliphatic rings. The minimum Gasteiger partial charge on any atom is -0.461 e. The highest BCUT2D eigenvalue weighted by atomic mass is 16.6. The van der Waals surface area contributed by atoms with Crippen molar-refractivity contribution >= 4 is 5.97 Å². The summed E-state index contributed by atoms with van der Waals surface area (Å²) in [4.78, 5) is 11.8. The number of aliphatic hydroxyl groups excluding tert-OH is 1. The molecule has 0 aromatic rings. The van der Waals surface area contributed by atoms with Gasteiger partial charge in [0.1, 0.15) is 6.10 Å². The first-order valence-electron chi connectivity index (χ1n) is 5.72. The van der Waals surface area contributed by atoms with Crippen LogP contribution in [-0.4, -0.2) is 23.3 Å². The van der Waals surface area contributed by atoms with Crippen molar-refractivity contribution in [1.29, 1.82) is 0 Å². The Kier molecular flexibility index (Phi) is 1.78. The van der Waals surface area contributed by atoms with Crippen molar-refractivity contribution in [1.82, 2.24) is 0 Å². The fourth-order valence-electron chi connectivity index (χ4n) is 3.44. The molecular weight excluding hydrogens is 192 g/mol. The molecule has 1 aliphatic heterocycles. The number of rotatable bonds is 0. The third-order valence-electron chi connectivity index (χ3n) is 4.30. The van der Waals surface area contributed by atoms with Gasteiger partial charge in [0.05, 0.1) is 11.5 Å². The standard InChI is InChI=1S/C12H16O3/c1-12-6-2-3-7-8(13)4-5-9(10(7)12)15-11(12)14/h3,8-10,13H,2,4-6H2,1H3/t8-,9+,10-,12-/m0/s1. The van der Waals surface area contributed by atoms with E-state index in [2.05, 4.69) is 6.08 Å². The monoisotopic (exact) mass is 208 g/mol. The van der Waals surface area contributed by atoms with Gasteiger partial charge in [-0.15, -0.1) is 0 Å². The molecule has 1 N–H and O–H groups in total. The van der Waals surface area contributed by atoms with Gasteiger partial charge in [0.2, 0.25) is 0 Å². The summed E-state index contributed by atoms with van der Waals surface area (Å²) in [6, 6.07) is 0. The lowest BCUT2D eigenvalue weighted by Gasteiger charge is -2.39. The first-order chi connectivity index (χ1) is 7.13. The van der Waals surface area contributed by atoms with E-state index in [0.29, 0.717) is 0 Å². The molecule has 0 radical (unpaired) electrons. The summed E-state index contributed by atoms with van der Waals surface area (Å²) in [6.07, 6.45) is 5.09. The highest BCUT2D eigenvalue weighted by Crippen LogP contribution is 2.54. The second-order valence-corrected chi connectivity index (χ2v) is 5.17. The fraction of sp³-hybridized carbons (Fsp3) is 0.750. The smallest absolute Gasteiger partial charge is 0.312 e. The predicted octanol–water partition coefficient (Wildman–Crippen LogP) is 1.41. The topological polar surface area (TPSA) is 46.5 Å². The molecule has 0 aromatic carbocycles. The normalized spacial score (nSPS) is 48.3. The molecule has 3 heteroatoms. The fourth-order valence-corrected chi connectivity index (χ4v) is 3.44. The molecule has 2 fully saturated rings. The summed E-state index contributed by atoms with van der Waals surface area (Å²) in [5, 5.41) is 9.93. The summed E-state index contributed by atoms with van der Waals surface area (Å²) in [7, 11) is 0. The zero-order chi connectivity index (χ0) is 10.6. The molecule has 82 valence electrons. The van der Waals surface area contributed by atoms with Crippen molar-refractivity contribution in [2.75, 3.05) is 0 Å². The Bertz CT molecular complexity index is 347. The van der Waals surface area contributed by atoms with E-state index in [0.717, 1.165) is 31.3 Å². The second-order valence-electron chi connectivity index (χ2n) is 5.17. The molecule has 1 saturated heterocycles. The van der Waals surface area contributed by atoms with Gasteiger partial charge in [-0.2, -0.15) is 0 Å². The van der Waals surface area contributed by atoms with E-state index in [-0.39, 0.29) is 29.5 Å². The van der Waals surface area contributed by atoms with E-state index >= 15 is 0 Å². The van der Waals surface area contributed by atoms with Crippen molar-refractivity contribution in [2.24, 2.45) is 11.3 Å². The molecule has 1 heterocycles. The van der Waals surface area contributed by atoms with Crippen LogP contribution in [0, 0.1) is 11.3 Å². The van der Waals surface area contributed by atoms with Crippen molar-refractivity contribution in [3.63, 3.8) is 0 Å². The van der Waals surface area contributed by atoms with Gasteiger partial charge in [-0.1, -0.05) is 6.08 Å². The third kappa shape index (κ3) is 1.07. The molecule has 15 heavy (non-hydrogen) atoms. The molecule has 0 spiro atoms. The van der Waals surface area contributed by atoms with Crippen LogP contribution in [0.5, 0.6) is 0 Å². The van der Waals surface area contributed by atoms with Crippen molar-refractivity contribution < 1.29 is 14.6 Å². The number of esters is 1. The van der Waals surface area contributed by atoms with Gasteiger partial charge < -0.3 is 9.84 Å². The number of hydrogen-bond donors (Lipinski definition) is 1. The Hall–Kier alpha value is -0.830. The molecule has 0 unspecified atom stereocenters. The van der Waals surface area contributed by atoms with Crippen LogP contribution in [0.4, 0.5) is 0 Å². The first-order valence-corrected chi connectivity index (χ1v) is 5.72. The molecule has 4 atom stereocenters. The van der Waals surface area contributed by atoms with Crippen molar-refractivity contribution in [2.45, 2.75) is 44.8 Å². The predicted molar refractivity (Wildman–Crippen MR) is 54.0 cm³/mol. The van der Waals surface area contributed by atoms with E-state index in [4.69, 9.17) is 4.74 Å². The molecule has 1 saturated carbocycles. The van der Waals surface area contributed by atoms with Gasteiger partial charge in [0.15, 0.2) is 0 Å². The van der Waals surface area contributed by atoms with Crippen LogP contribution in [0.25, 0.3) is 0 Å². The van der Waals surface area contributed by atoms with E-state index in [1.165, 1.54) is 0 Å². The summed E-state index contributed by atoms with van der Waals surface area (Å²) in [5.41, 5.74) is 0.696. The Morgan fingerprint density at radius 2 is 2.33 bits per heavy atom. The molecule has 2 aliphatic carbocycles. The van der Waals surface area contributed by atoms with Crippen LogP contribution < -0.4 is 0 Å². The van der Waals surface area contributed by atoms with Gasteiger partial charge in [-0.05, 0) is 38.2 Å². The summed E-state index contributed by atoms with van der Waals surface area (Å²) >= 11 is 0. The van der Waals surface area contributed by atoms with Crippen molar-refractivity contribution in [3.05, 3.63) is 11.6 Å². The Morgan fingerprint density at radius 3 is 3.13 bits per heavy atom. The van der Waals surface area contributed by atoms with E-state index < -0.39 is 0 Å². The number of carbonyl (C=O) groups is 1. The van der Waals surface area contributed by atoms with Crippen LogP contribution in [0.1, 0.15) is 32.6 Å². The zero-order valence-corrected chi connectivity index (χ0v) is 8.90. The van der Waals surface area contributed by atoms with Crippen LogP contribution >= 0.6 is 0 Å². The maximum absolute atomic E-state index is 11.8. The maximum atomic E-state index is 11.8. The lowest BCUT2D eigenvalue weighted by atomic mass is 9.62. The highest BCUT2D eigenvalue weighted by molar-refractivity contribution is 5.80. The zero-order valence-electron chi connectivity index (χ0n) is 8.90. The Morgan fingerprint density at radius 1 is 1.53 bits per heavy atom. The highest BCUT2D eigenvalue weighted by Gasteiger charge is 2.58. The number of allylic oxidation sites excluding steroid dienone is 1. The lowest BCUT2D eigenvalue weighted by Crippen LogP contribution is -2.41. The maximum Gasteiger partial charge on any atom is 0.312 e. The number of ether oxygens (including phenoxy) is 1. The van der Waals surface area contributed by atoms with Crippen LogP contribution in [0.3, 0.4) is 0 Å². The average molecular weight is 208 g/mol. The summed E-state index contributed by atoms with van der Waals surface area (Å²) in [5.74, 6) is 0.0831. The largest absolute Gasteiger partial charge is 0.461 e. The molecule has 3 nitrogen and oxygen atoms in total. The van der Waals surface area contributed by atoms with E-state index in [9.17, 15) is 9.90 Å². The SMILES string of the molecule is C[C@@]12CCC=C3[C@@H](O)CC[C@@H](OC1=O)[C@H]32. The van der Waals surface area contributed by atoms with Crippen LogP contribution in [0.2, 0.25) is 0 Å². The summed E-state index contributed by atoms with van der Waals surface area (Å²) in [6.45, 7) is 1.99. The van der Waals surface area contributed by atoms with Gasteiger partial charge in [0.25, 0.3) is 0 Å². The molecule has 3 rings (SSSR count). The Labute approximate surface area is 89.1 Å². The first kappa shape index (κ1) is 9.40. The molecule has 0 amide bonds. The minimum absolute atomic E-state index is 0.0254. The molecule has 0 aromatic heterocycles. The lowest BCUT2D eigenvalue weighted by molar-refractivity contribution is -0.148. The number of aliphatic hydroxyl groups is 1. The van der Waals surface area contributed by atoms with Crippen molar-refractivity contribution in [3.8, 4) is 0 Å². The van der Waals surface area contributed by atoms with Gasteiger partial charge in [-0.25, -0.2) is 0 Å². The molecular formula is C12H16O3. The van der Waals surface area contributed by atoms with E-state index in [1.54, 1.807) is 0 Å². The van der Waals surface area contributed by atoms with Gasteiger partial charge in [0, 0.05) is 5.92 Å². The van der Waals surface area contributed by atoms with Crippen LogP contribution in [0.15, 0.2) is 11.6 Å².